The van der Waals surface area contributed by atoms with Crippen LogP contribution < -0.4 is 5.73 Å². The Labute approximate surface area is 259 Å². The molecule has 4 aliphatic rings. The molecule has 10 nitrogen and oxygen atoms in total. The van der Waals surface area contributed by atoms with Gasteiger partial charge in [-0.2, -0.15) is 13.2 Å². The summed E-state index contributed by atoms with van der Waals surface area (Å²) in [6.07, 6.45) is -3.98. The average Bonchev–Trinajstić information content (AvgIpc) is 2.89. The standard InChI is InChI=1S/C32H40F3N3O7/c1-30(2,3)16-6-8-38(9-7-16)13-15-12-19(39)21-17(23(15)32(33,34)35)10-14-11-18-24(37(4)5)26(41)22(29(36)44)28(43)31(18,45)27(42)20(14)25(21)40/h12,14,16,18,24,39-40,43,45H,6-11,13H2,1-5H3,(H2,36,44)/t14-,18-,24-,31-/m0/s1. The highest BCUT2D eigenvalue weighted by Gasteiger charge is 2.64. The van der Waals surface area contributed by atoms with Gasteiger partial charge in [-0.15, -0.1) is 0 Å². The lowest BCUT2D eigenvalue weighted by Crippen LogP contribution is -2.65. The molecule has 4 atom stereocenters. The molecule has 3 aliphatic carbocycles. The summed E-state index contributed by atoms with van der Waals surface area (Å²) in [5.41, 5.74) is -1.06. The SMILES string of the molecule is CN(C)[C@@H]1C(=O)C(C(N)=O)=C(O)[C@@]2(O)C(=O)C3=C(O)c4c(O)cc(CN5CCC(C(C)(C)C)CC5)c(C(F)(F)F)c4C[C@H]3C[C@@H]12. The van der Waals surface area contributed by atoms with E-state index in [0.717, 1.165) is 18.9 Å². The Morgan fingerprint density at radius 2 is 1.71 bits per heavy atom. The number of Topliss-reactive ketones (excluding diaryl/α,β-unsaturated/α-hetero) is 2. The summed E-state index contributed by atoms with van der Waals surface area (Å²) in [5, 5.41) is 45.0. The summed E-state index contributed by atoms with van der Waals surface area (Å²) in [6.45, 7) is 7.49. The predicted molar refractivity (Wildman–Crippen MR) is 157 cm³/mol. The lowest BCUT2D eigenvalue weighted by Gasteiger charge is -2.50. The van der Waals surface area contributed by atoms with Crippen LogP contribution in [-0.2, 0) is 33.5 Å². The number of hydrogen-bond donors (Lipinski definition) is 5. The number of rotatable bonds is 4. The lowest BCUT2D eigenvalue weighted by atomic mass is 9.57. The minimum Gasteiger partial charge on any atom is -0.508 e. The maximum absolute atomic E-state index is 14.8. The molecule has 13 heteroatoms. The van der Waals surface area contributed by atoms with E-state index in [1.807, 2.05) is 4.90 Å². The van der Waals surface area contributed by atoms with Gasteiger partial charge in [0.2, 0.25) is 5.78 Å². The average molecular weight is 636 g/mol. The Hall–Kier alpha value is -3.42. The molecule has 0 bridgehead atoms. The first kappa shape index (κ1) is 33.0. The summed E-state index contributed by atoms with van der Waals surface area (Å²) in [7, 11) is 2.90. The number of fused-ring (bicyclic) bond motifs is 3. The fourth-order valence-corrected chi connectivity index (χ4v) is 8.06. The molecule has 1 aromatic rings. The van der Waals surface area contributed by atoms with Gasteiger partial charge in [0, 0.05) is 18.0 Å². The van der Waals surface area contributed by atoms with Crippen LogP contribution in [-0.4, -0.2) is 86.5 Å². The highest BCUT2D eigenvalue weighted by molar-refractivity contribution is 6.24. The van der Waals surface area contributed by atoms with E-state index in [2.05, 4.69) is 20.8 Å². The molecule has 1 saturated heterocycles. The number of nitrogens with two attached hydrogens (primary N) is 1. The maximum atomic E-state index is 14.8. The van der Waals surface area contributed by atoms with Gasteiger partial charge >= 0.3 is 6.18 Å². The number of piperidine rings is 1. The molecule has 1 amide bonds. The van der Waals surface area contributed by atoms with Crippen LogP contribution in [0.15, 0.2) is 23.0 Å². The predicted octanol–water partition coefficient (Wildman–Crippen LogP) is 3.24. The van der Waals surface area contributed by atoms with Gasteiger partial charge in [0.15, 0.2) is 11.4 Å². The Morgan fingerprint density at radius 3 is 2.22 bits per heavy atom. The molecular formula is C32H40F3N3O7. The number of alkyl halides is 3. The number of aliphatic hydroxyl groups excluding tert-OH is 2. The van der Waals surface area contributed by atoms with Crippen molar-refractivity contribution in [3.8, 4) is 5.75 Å². The molecule has 1 heterocycles. The fraction of sp³-hybridized carbons (Fsp3) is 0.594. The van der Waals surface area contributed by atoms with E-state index >= 15 is 0 Å². The number of carbonyl (C=O) groups is 3. The van der Waals surface area contributed by atoms with E-state index in [1.165, 1.54) is 19.0 Å². The Kier molecular flexibility index (Phi) is 7.94. The van der Waals surface area contributed by atoms with Crippen molar-refractivity contribution in [1.29, 1.82) is 0 Å². The number of carbonyl (C=O) groups excluding carboxylic acids is 3. The normalized spacial score (nSPS) is 28.4. The largest absolute Gasteiger partial charge is 0.508 e. The monoisotopic (exact) mass is 635 g/mol. The highest BCUT2D eigenvalue weighted by Crippen LogP contribution is 2.54. The van der Waals surface area contributed by atoms with Crippen LogP contribution in [0.2, 0.25) is 0 Å². The molecule has 246 valence electrons. The molecule has 1 saturated carbocycles. The molecule has 45 heavy (non-hydrogen) atoms. The molecule has 0 radical (unpaired) electrons. The van der Waals surface area contributed by atoms with Crippen molar-refractivity contribution in [2.45, 2.75) is 70.8 Å². The zero-order valence-corrected chi connectivity index (χ0v) is 26.0. The summed E-state index contributed by atoms with van der Waals surface area (Å²) in [5.74, 6) is -8.53. The van der Waals surface area contributed by atoms with Crippen molar-refractivity contribution in [1.82, 2.24) is 9.80 Å². The van der Waals surface area contributed by atoms with Crippen molar-refractivity contribution in [2.24, 2.45) is 28.9 Å². The molecule has 0 aromatic heterocycles. The van der Waals surface area contributed by atoms with E-state index in [-0.39, 0.29) is 29.5 Å². The molecule has 0 unspecified atom stereocenters. The number of phenols is 1. The molecular weight excluding hydrogens is 595 g/mol. The fourth-order valence-electron chi connectivity index (χ4n) is 8.06. The number of halogens is 3. The first-order valence-electron chi connectivity index (χ1n) is 15.0. The van der Waals surface area contributed by atoms with Crippen molar-refractivity contribution < 1.29 is 48.0 Å². The van der Waals surface area contributed by atoms with Gasteiger partial charge < -0.3 is 26.2 Å². The molecule has 2 fully saturated rings. The second-order valence-corrected chi connectivity index (χ2v) is 14.2. The van der Waals surface area contributed by atoms with Crippen LogP contribution >= 0.6 is 0 Å². The van der Waals surface area contributed by atoms with Crippen molar-refractivity contribution in [3.63, 3.8) is 0 Å². The van der Waals surface area contributed by atoms with Gasteiger partial charge in [-0.3, -0.25) is 24.2 Å². The van der Waals surface area contributed by atoms with Gasteiger partial charge in [0.1, 0.15) is 22.8 Å². The van der Waals surface area contributed by atoms with Gasteiger partial charge in [0.05, 0.1) is 17.2 Å². The second kappa shape index (κ2) is 10.8. The third-order valence-electron chi connectivity index (χ3n) is 10.3. The van der Waals surface area contributed by atoms with Crippen molar-refractivity contribution in [3.05, 3.63) is 45.2 Å². The van der Waals surface area contributed by atoms with Crippen LogP contribution in [0.25, 0.3) is 5.76 Å². The van der Waals surface area contributed by atoms with Crippen LogP contribution in [0.1, 0.15) is 62.3 Å². The van der Waals surface area contributed by atoms with E-state index in [4.69, 9.17) is 5.73 Å². The number of primary amides is 1. The third kappa shape index (κ3) is 5.12. The summed E-state index contributed by atoms with van der Waals surface area (Å²) in [4.78, 5) is 42.6. The zero-order chi connectivity index (χ0) is 33.5. The van der Waals surface area contributed by atoms with E-state index < -0.39 is 93.1 Å². The number of ketones is 2. The summed E-state index contributed by atoms with van der Waals surface area (Å²) < 4.78 is 44.5. The smallest absolute Gasteiger partial charge is 0.417 e. The number of aromatic hydroxyl groups is 1. The minimum absolute atomic E-state index is 0.0704. The Bertz CT molecular complexity index is 1530. The number of hydrogen-bond acceptors (Lipinski definition) is 9. The summed E-state index contributed by atoms with van der Waals surface area (Å²) >= 11 is 0. The zero-order valence-electron chi connectivity index (χ0n) is 26.0. The van der Waals surface area contributed by atoms with Gasteiger partial charge in [0.25, 0.3) is 5.91 Å². The molecule has 5 rings (SSSR count). The van der Waals surface area contributed by atoms with Gasteiger partial charge in [-0.05, 0) is 87.3 Å². The van der Waals surface area contributed by atoms with Crippen molar-refractivity contribution in [2.75, 3.05) is 27.2 Å². The number of aliphatic hydroxyl groups is 3. The Balaban J connectivity index is 1.62. The third-order valence-corrected chi connectivity index (χ3v) is 10.3. The first-order valence-corrected chi connectivity index (χ1v) is 15.0. The van der Waals surface area contributed by atoms with Gasteiger partial charge in [-0.25, -0.2) is 0 Å². The first-order chi connectivity index (χ1) is 20.7. The van der Waals surface area contributed by atoms with Crippen LogP contribution in [0.3, 0.4) is 0 Å². The number of nitrogens with zero attached hydrogens (tertiary/aromatic N) is 2. The highest BCUT2D eigenvalue weighted by atomic mass is 19.4. The second-order valence-electron chi connectivity index (χ2n) is 14.2. The maximum Gasteiger partial charge on any atom is 0.417 e. The topological polar surface area (TPSA) is 165 Å². The lowest BCUT2D eigenvalue weighted by molar-refractivity contribution is -0.153. The molecule has 1 aliphatic heterocycles. The van der Waals surface area contributed by atoms with E-state index in [9.17, 15) is 48.0 Å². The number of phenolic OH excluding ortho intramolecular Hbond substituents is 1. The van der Waals surface area contributed by atoms with Crippen molar-refractivity contribution >= 4 is 23.2 Å². The van der Waals surface area contributed by atoms with Crippen LogP contribution in [0, 0.1) is 23.2 Å². The number of likely N-dealkylation sites (tertiary alicyclic amines) is 1. The number of likely N-dealkylation sites (N-methyl/N-ethyl adjacent to an activating group) is 1. The molecule has 6 N–H and O–H groups in total. The molecule has 0 spiro atoms. The molecule has 1 aromatic carbocycles. The Morgan fingerprint density at radius 1 is 1.11 bits per heavy atom. The van der Waals surface area contributed by atoms with E-state index in [0.29, 0.717) is 19.0 Å². The van der Waals surface area contributed by atoms with Crippen LogP contribution in [0.5, 0.6) is 5.75 Å². The number of benzene rings is 1. The minimum atomic E-state index is -4.88. The quantitative estimate of drug-likeness (QED) is 0.313. The number of amides is 1. The van der Waals surface area contributed by atoms with E-state index in [1.54, 1.807) is 0 Å². The van der Waals surface area contributed by atoms with Gasteiger partial charge in [-0.1, -0.05) is 20.8 Å². The van der Waals surface area contributed by atoms with Crippen LogP contribution in [0.4, 0.5) is 13.2 Å². The summed E-state index contributed by atoms with van der Waals surface area (Å²) in [6, 6.07) is -0.371.